The van der Waals surface area contributed by atoms with Crippen LogP contribution in [0.2, 0.25) is 0 Å². The smallest absolute Gasteiger partial charge is 0.229 e. The molecule has 4 rings (SSSR count). The van der Waals surface area contributed by atoms with Crippen molar-refractivity contribution in [2.45, 2.75) is 13.3 Å². The lowest BCUT2D eigenvalue weighted by molar-refractivity contribution is -0.122. The van der Waals surface area contributed by atoms with Gasteiger partial charge in [0.05, 0.1) is 13.0 Å². The Balaban J connectivity index is 1.48. The van der Waals surface area contributed by atoms with Gasteiger partial charge in [0, 0.05) is 37.3 Å². The average Bonchev–Trinajstić information content (AvgIpc) is 3.23. The minimum absolute atomic E-state index is 0.0837. The highest BCUT2D eigenvalue weighted by Crippen LogP contribution is 2.29. The van der Waals surface area contributed by atoms with Gasteiger partial charge in [0.15, 0.2) is 23.0 Å². The molecule has 0 unspecified atom stereocenters. The number of ether oxygens (including phenoxy) is 1. The number of carbonyl (C=O) groups is 2. The maximum Gasteiger partial charge on any atom is 0.229 e. The number of carbonyl (C=O) groups excluding carboxylic acids is 2. The van der Waals surface area contributed by atoms with Gasteiger partial charge in [0.25, 0.3) is 0 Å². The Morgan fingerprint density at radius 1 is 1.32 bits per heavy atom. The zero-order chi connectivity index (χ0) is 19.8. The van der Waals surface area contributed by atoms with Crippen molar-refractivity contribution in [2.75, 3.05) is 23.9 Å². The number of anilines is 2. The first kappa shape index (κ1) is 18.0. The number of hydrogen-bond donors (Lipinski definition) is 1. The molecule has 1 aromatic heterocycles. The molecule has 28 heavy (non-hydrogen) atoms. The van der Waals surface area contributed by atoms with Crippen molar-refractivity contribution >= 4 is 34.3 Å². The van der Waals surface area contributed by atoms with Crippen LogP contribution in [0.5, 0.6) is 5.75 Å². The monoisotopic (exact) mass is 383 g/mol. The number of aromatic nitrogens is 1. The number of nitrogens with one attached hydrogen (secondary N) is 1. The second-order valence-electron chi connectivity index (χ2n) is 6.63. The van der Waals surface area contributed by atoms with E-state index < -0.39 is 11.7 Å². The molecule has 1 aliphatic heterocycles. The van der Waals surface area contributed by atoms with Gasteiger partial charge in [-0.25, -0.2) is 9.37 Å². The Morgan fingerprint density at radius 2 is 2.14 bits per heavy atom. The van der Waals surface area contributed by atoms with Crippen molar-refractivity contribution < 1.29 is 23.1 Å². The zero-order valence-electron chi connectivity index (χ0n) is 15.4. The number of methoxy groups -OCH3 is 1. The molecular formula is C20H18FN3O4. The molecule has 1 N–H and O–H groups in total. The standard InChI is InChI=1S/C20H18FN3O4/c1-11-22-16-9-14(4-6-18(16)28-11)24-10-12(7-19(24)25)20(26)23-13-3-5-17(27-2)15(21)8-13/h3-6,8-9,12H,7,10H2,1-2H3,(H,23,26)/t12-/m0/s1. The van der Waals surface area contributed by atoms with Gasteiger partial charge in [-0.2, -0.15) is 0 Å². The summed E-state index contributed by atoms with van der Waals surface area (Å²) < 4.78 is 24.1. The molecule has 0 spiro atoms. The second-order valence-corrected chi connectivity index (χ2v) is 6.63. The van der Waals surface area contributed by atoms with Gasteiger partial charge in [-0.3, -0.25) is 9.59 Å². The van der Waals surface area contributed by atoms with Crippen LogP contribution < -0.4 is 15.0 Å². The van der Waals surface area contributed by atoms with E-state index in [0.717, 1.165) is 0 Å². The van der Waals surface area contributed by atoms with Crippen LogP contribution in [0.15, 0.2) is 40.8 Å². The maximum absolute atomic E-state index is 13.8. The molecule has 1 atom stereocenters. The van der Waals surface area contributed by atoms with Crippen molar-refractivity contribution in [3.63, 3.8) is 0 Å². The Hall–Kier alpha value is -3.42. The van der Waals surface area contributed by atoms with E-state index in [4.69, 9.17) is 9.15 Å². The third-order valence-corrected chi connectivity index (χ3v) is 4.70. The fraction of sp³-hybridized carbons (Fsp3) is 0.250. The quantitative estimate of drug-likeness (QED) is 0.747. The van der Waals surface area contributed by atoms with Gasteiger partial charge in [-0.15, -0.1) is 0 Å². The lowest BCUT2D eigenvalue weighted by atomic mass is 10.1. The van der Waals surface area contributed by atoms with Crippen molar-refractivity contribution in [2.24, 2.45) is 5.92 Å². The predicted molar refractivity (Wildman–Crippen MR) is 101 cm³/mol. The molecule has 1 aliphatic rings. The molecular weight excluding hydrogens is 365 g/mol. The molecule has 0 saturated carbocycles. The lowest BCUT2D eigenvalue weighted by Crippen LogP contribution is -2.28. The number of halogens is 1. The third kappa shape index (κ3) is 3.28. The van der Waals surface area contributed by atoms with Crippen LogP contribution in [0.25, 0.3) is 11.1 Å². The molecule has 2 aromatic carbocycles. The second kappa shape index (κ2) is 6.95. The first-order valence-corrected chi connectivity index (χ1v) is 8.76. The topological polar surface area (TPSA) is 84.7 Å². The number of rotatable bonds is 4. The summed E-state index contributed by atoms with van der Waals surface area (Å²) in [5, 5.41) is 2.66. The van der Waals surface area contributed by atoms with E-state index in [2.05, 4.69) is 10.3 Å². The Labute approximate surface area is 160 Å². The van der Waals surface area contributed by atoms with Crippen LogP contribution in [-0.4, -0.2) is 30.5 Å². The molecule has 144 valence electrons. The van der Waals surface area contributed by atoms with Crippen molar-refractivity contribution in [1.82, 2.24) is 4.98 Å². The number of hydrogen-bond acceptors (Lipinski definition) is 5. The van der Waals surface area contributed by atoms with Gasteiger partial charge < -0.3 is 19.4 Å². The van der Waals surface area contributed by atoms with E-state index in [1.165, 1.54) is 19.2 Å². The zero-order valence-corrected chi connectivity index (χ0v) is 15.4. The fourth-order valence-electron chi connectivity index (χ4n) is 3.32. The molecule has 1 saturated heterocycles. The van der Waals surface area contributed by atoms with E-state index in [0.29, 0.717) is 28.4 Å². The van der Waals surface area contributed by atoms with E-state index in [-0.39, 0.29) is 30.5 Å². The van der Waals surface area contributed by atoms with E-state index in [1.807, 2.05) is 0 Å². The van der Waals surface area contributed by atoms with E-state index >= 15 is 0 Å². The van der Waals surface area contributed by atoms with Crippen LogP contribution in [0.4, 0.5) is 15.8 Å². The number of aryl methyl sites for hydroxylation is 1. The normalized spacial score (nSPS) is 16.6. The van der Waals surface area contributed by atoms with Crippen LogP contribution in [-0.2, 0) is 9.59 Å². The number of nitrogens with zero attached hydrogens (tertiary/aromatic N) is 2. The number of benzene rings is 2. The maximum atomic E-state index is 13.8. The van der Waals surface area contributed by atoms with Crippen molar-refractivity contribution in [3.05, 3.63) is 48.1 Å². The number of oxazole rings is 1. The van der Waals surface area contributed by atoms with Crippen LogP contribution in [0, 0.1) is 18.7 Å². The minimum Gasteiger partial charge on any atom is -0.494 e. The van der Waals surface area contributed by atoms with Crippen molar-refractivity contribution in [3.8, 4) is 5.75 Å². The summed E-state index contributed by atoms with van der Waals surface area (Å²) >= 11 is 0. The third-order valence-electron chi connectivity index (χ3n) is 4.70. The highest BCUT2D eigenvalue weighted by Gasteiger charge is 2.35. The molecule has 8 heteroatoms. The summed E-state index contributed by atoms with van der Waals surface area (Å²) in [6.45, 7) is 1.99. The summed E-state index contributed by atoms with van der Waals surface area (Å²) in [6, 6.07) is 9.46. The molecule has 0 radical (unpaired) electrons. The fourth-order valence-corrected chi connectivity index (χ4v) is 3.32. The van der Waals surface area contributed by atoms with E-state index in [9.17, 15) is 14.0 Å². The molecule has 7 nitrogen and oxygen atoms in total. The highest BCUT2D eigenvalue weighted by molar-refractivity contribution is 6.04. The highest BCUT2D eigenvalue weighted by atomic mass is 19.1. The summed E-state index contributed by atoms with van der Waals surface area (Å²) in [6.07, 6.45) is 0.0837. The van der Waals surface area contributed by atoms with Gasteiger partial charge in [-0.1, -0.05) is 0 Å². The summed E-state index contributed by atoms with van der Waals surface area (Å²) in [7, 11) is 1.37. The lowest BCUT2D eigenvalue weighted by Gasteiger charge is -2.16. The predicted octanol–water partition coefficient (Wildman–Crippen LogP) is 3.28. The van der Waals surface area contributed by atoms with Gasteiger partial charge in [-0.05, 0) is 30.3 Å². The van der Waals surface area contributed by atoms with Crippen LogP contribution in [0.3, 0.4) is 0 Å². The molecule has 0 bridgehead atoms. The Kier molecular flexibility index (Phi) is 4.46. The van der Waals surface area contributed by atoms with Crippen molar-refractivity contribution in [1.29, 1.82) is 0 Å². The molecule has 0 aliphatic carbocycles. The summed E-state index contributed by atoms with van der Waals surface area (Å²) in [5.41, 5.74) is 2.28. The Bertz CT molecular complexity index is 1080. The molecule has 2 amide bonds. The first-order valence-electron chi connectivity index (χ1n) is 8.76. The first-order chi connectivity index (χ1) is 13.4. The molecule has 2 heterocycles. The van der Waals surface area contributed by atoms with Crippen LogP contribution in [0.1, 0.15) is 12.3 Å². The van der Waals surface area contributed by atoms with Gasteiger partial charge >= 0.3 is 0 Å². The van der Waals surface area contributed by atoms with Crippen LogP contribution >= 0.6 is 0 Å². The SMILES string of the molecule is COc1ccc(NC(=O)[C@H]2CC(=O)N(c3ccc4oc(C)nc4c3)C2)cc1F. The largest absolute Gasteiger partial charge is 0.494 e. The van der Waals surface area contributed by atoms with E-state index in [1.54, 1.807) is 36.1 Å². The average molecular weight is 383 g/mol. The number of amides is 2. The summed E-state index contributed by atoms with van der Waals surface area (Å²) in [4.78, 5) is 30.8. The van der Waals surface area contributed by atoms with Gasteiger partial charge in [0.2, 0.25) is 11.8 Å². The minimum atomic E-state index is -0.569. The Morgan fingerprint density at radius 3 is 2.89 bits per heavy atom. The number of fused-ring (bicyclic) bond motifs is 1. The summed E-state index contributed by atoms with van der Waals surface area (Å²) in [5.74, 6) is -0.949. The van der Waals surface area contributed by atoms with Gasteiger partial charge in [0.1, 0.15) is 5.52 Å². The molecule has 1 fully saturated rings. The molecule has 3 aromatic rings.